The molecular formula is C11H12ClIN2O4. The second-order valence-corrected chi connectivity index (χ2v) is 5.22. The molecule has 104 valence electrons. The molecule has 1 atom stereocenters. The quantitative estimate of drug-likeness (QED) is 0.569. The van der Waals surface area contributed by atoms with Crippen molar-refractivity contribution >= 4 is 51.9 Å². The monoisotopic (exact) mass is 398 g/mol. The maximum atomic E-state index is 11.6. The van der Waals surface area contributed by atoms with E-state index in [9.17, 15) is 9.59 Å². The third kappa shape index (κ3) is 5.21. The van der Waals surface area contributed by atoms with E-state index in [1.165, 1.54) is 0 Å². The van der Waals surface area contributed by atoms with Crippen molar-refractivity contribution in [2.75, 3.05) is 11.9 Å². The van der Waals surface area contributed by atoms with Gasteiger partial charge in [-0.25, -0.2) is 9.59 Å². The molecule has 2 amide bonds. The van der Waals surface area contributed by atoms with Gasteiger partial charge in [0.05, 0.1) is 5.69 Å². The summed E-state index contributed by atoms with van der Waals surface area (Å²) in [5.41, 5.74) is 0.524. The van der Waals surface area contributed by atoms with E-state index in [1.807, 2.05) is 22.6 Å². The number of carbonyl (C=O) groups excluding carboxylic acids is 1. The van der Waals surface area contributed by atoms with Crippen LogP contribution in [-0.2, 0) is 4.79 Å². The number of anilines is 1. The number of carboxylic acids is 1. The van der Waals surface area contributed by atoms with Gasteiger partial charge in [-0.1, -0.05) is 11.6 Å². The smallest absolute Gasteiger partial charge is 0.326 e. The van der Waals surface area contributed by atoms with Crippen molar-refractivity contribution in [3.8, 4) is 0 Å². The van der Waals surface area contributed by atoms with E-state index >= 15 is 0 Å². The third-order valence-electron chi connectivity index (χ3n) is 2.20. The van der Waals surface area contributed by atoms with Crippen LogP contribution in [0.25, 0.3) is 0 Å². The second kappa shape index (κ2) is 7.51. The van der Waals surface area contributed by atoms with Gasteiger partial charge in [-0.15, -0.1) is 0 Å². The highest BCUT2D eigenvalue weighted by Gasteiger charge is 2.19. The van der Waals surface area contributed by atoms with Crippen LogP contribution in [0.4, 0.5) is 10.5 Å². The number of carbonyl (C=O) groups is 2. The molecule has 0 aromatic heterocycles. The first-order chi connectivity index (χ1) is 8.93. The van der Waals surface area contributed by atoms with Crippen molar-refractivity contribution in [1.82, 2.24) is 5.32 Å². The number of amides is 2. The predicted octanol–water partition coefficient (Wildman–Crippen LogP) is 1.90. The molecule has 1 aromatic rings. The van der Waals surface area contributed by atoms with Gasteiger partial charge in [0.2, 0.25) is 0 Å². The predicted molar refractivity (Wildman–Crippen MR) is 79.5 cm³/mol. The molecule has 0 aliphatic carbocycles. The standard InChI is InChI=1S/C11H12ClIN2O4/c12-6-1-2-8(7(13)5-6)14-11(19)15-9(3-4-16)10(17)18/h1-2,5,9,16H,3-4H2,(H,17,18)(H2,14,15,19)/t9-/m1/s1. The Morgan fingerprint density at radius 2 is 2.11 bits per heavy atom. The lowest BCUT2D eigenvalue weighted by Crippen LogP contribution is -2.43. The molecule has 0 saturated carbocycles. The molecule has 0 bridgehead atoms. The number of nitrogens with one attached hydrogen (secondary N) is 2. The van der Waals surface area contributed by atoms with E-state index in [0.717, 1.165) is 3.57 Å². The average molecular weight is 399 g/mol. The van der Waals surface area contributed by atoms with Crippen molar-refractivity contribution in [2.45, 2.75) is 12.5 Å². The number of halogens is 2. The van der Waals surface area contributed by atoms with Gasteiger partial charge in [0, 0.05) is 21.6 Å². The lowest BCUT2D eigenvalue weighted by molar-refractivity contribution is -0.139. The van der Waals surface area contributed by atoms with Crippen LogP contribution in [0.15, 0.2) is 18.2 Å². The van der Waals surface area contributed by atoms with E-state index in [-0.39, 0.29) is 13.0 Å². The summed E-state index contributed by atoms with van der Waals surface area (Å²) in [5.74, 6) is -1.20. The molecule has 8 heteroatoms. The molecular weight excluding hydrogens is 386 g/mol. The van der Waals surface area contributed by atoms with Crippen molar-refractivity contribution in [3.05, 3.63) is 26.8 Å². The molecule has 0 aliphatic heterocycles. The topological polar surface area (TPSA) is 98.7 Å². The number of aliphatic carboxylic acids is 1. The van der Waals surface area contributed by atoms with Crippen LogP contribution in [0.1, 0.15) is 6.42 Å². The largest absolute Gasteiger partial charge is 0.480 e. The Hall–Kier alpha value is -1.06. The Morgan fingerprint density at radius 1 is 1.42 bits per heavy atom. The van der Waals surface area contributed by atoms with Crippen LogP contribution in [0.5, 0.6) is 0 Å². The number of hydrogen-bond donors (Lipinski definition) is 4. The Balaban J connectivity index is 2.66. The van der Waals surface area contributed by atoms with Crippen LogP contribution in [0.2, 0.25) is 5.02 Å². The minimum Gasteiger partial charge on any atom is -0.480 e. The van der Waals surface area contributed by atoms with E-state index in [1.54, 1.807) is 18.2 Å². The van der Waals surface area contributed by atoms with E-state index in [2.05, 4.69) is 10.6 Å². The Labute approximate surface area is 128 Å². The van der Waals surface area contributed by atoms with Gasteiger partial charge >= 0.3 is 12.0 Å². The number of hydrogen-bond acceptors (Lipinski definition) is 3. The van der Waals surface area contributed by atoms with Crippen LogP contribution < -0.4 is 10.6 Å². The summed E-state index contributed by atoms with van der Waals surface area (Å²) in [4.78, 5) is 22.5. The summed E-state index contributed by atoms with van der Waals surface area (Å²) < 4.78 is 0.731. The van der Waals surface area contributed by atoms with Crippen molar-refractivity contribution < 1.29 is 19.8 Å². The molecule has 4 N–H and O–H groups in total. The first kappa shape index (κ1) is 16.0. The van der Waals surface area contributed by atoms with Crippen LogP contribution >= 0.6 is 34.2 Å². The van der Waals surface area contributed by atoms with Crippen LogP contribution in [-0.4, -0.2) is 34.9 Å². The lowest BCUT2D eigenvalue weighted by Gasteiger charge is -2.14. The van der Waals surface area contributed by atoms with Crippen molar-refractivity contribution in [2.24, 2.45) is 0 Å². The maximum Gasteiger partial charge on any atom is 0.326 e. The number of aliphatic hydroxyl groups is 1. The molecule has 0 spiro atoms. The molecule has 0 fully saturated rings. The summed E-state index contributed by atoms with van der Waals surface area (Å²) in [6.07, 6.45) is -0.0551. The Kier molecular flexibility index (Phi) is 6.32. The van der Waals surface area contributed by atoms with Gasteiger partial charge in [-0.3, -0.25) is 0 Å². The van der Waals surface area contributed by atoms with Gasteiger partial charge in [0.1, 0.15) is 6.04 Å². The van der Waals surface area contributed by atoms with Gasteiger partial charge < -0.3 is 20.8 Å². The lowest BCUT2D eigenvalue weighted by atomic mass is 10.2. The average Bonchev–Trinajstić information content (AvgIpc) is 2.32. The highest BCUT2D eigenvalue weighted by atomic mass is 127. The highest BCUT2D eigenvalue weighted by Crippen LogP contribution is 2.22. The molecule has 0 radical (unpaired) electrons. The molecule has 0 unspecified atom stereocenters. The fourth-order valence-electron chi connectivity index (χ4n) is 1.29. The zero-order chi connectivity index (χ0) is 14.4. The van der Waals surface area contributed by atoms with Gasteiger partial charge in [-0.05, 0) is 40.8 Å². The third-order valence-corrected chi connectivity index (χ3v) is 3.33. The molecule has 19 heavy (non-hydrogen) atoms. The minimum absolute atomic E-state index is 0.0551. The number of rotatable bonds is 5. The van der Waals surface area contributed by atoms with E-state index < -0.39 is 18.0 Å². The first-order valence-electron chi connectivity index (χ1n) is 5.30. The van der Waals surface area contributed by atoms with Gasteiger partial charge in [0.25, 0.3) is 0 Å². The van der Waals surface area contributed by atoms with Gasteiger partial charge in [0.15, 0.2) is 0 Å². The fourth-order valence-corrected chi connectivity index (χ4v) is 2.30. The number of aliphatic hydroxyl groups excluding tert-OH is 1. The molecule has 1 rings (SSSR count). The summed E-state index contributed by atoms with van der Waals surface area (Å²) in [6, 6.07) is 3.11. The first-order valence-corrected chi connectivity index (χ1v) is 6.76. The normalized spacial score (nSPS) is 11.7. The SMILES string of the molecule is O=C(Nc1ccc(Cl)cc1I)N[C@H](CCO)C(=O)O. The molecule has 0 aliphatic rings. The second-order valence-electron chi connectivity index (χ2n) is 3.63. The Morgan fingerprint density at radius 3 is 2.63 bits per heavy atom. The number of benzene rings is 1. The summed E-state index contributed by atoms with van der Waals surface area (Å²) in [5, 5.41) is 22.9. The van der Waals surface area contributed by atoms with Crippen molar-refractivity contribution in [1.29, 1.82) is 0 Å². The van der Waals surface area contributed by atoms with Crippen LogP contribution in [0, 0.1) is 3.57 Å². The van der Waals surface area contributed by atoms with E-state index in [4.69, 9.17) is 21.8 Å². The molecule has 0 saturated heterocycles. The maximum absolute atomic E-state index is 11.6. The summed E-state index contributed by atoms with van der Waals surface area (Å²) >= 11 is 7.78. The van der Waals surface area contributed by atoms with Crippen molar-refractivity contribution in [3.63, 3.8) is 0 Å². The number of carboxylic acid groups (broad SMARTS) is 1. The summed E-state index contributed by atoms with van der Waals surface area (Å²) in [7, 11) is 0. The fraction of sp³-hybridized carbons (Fsp3) is 0.273. The van der Waals surface area contributed by atoms with E-state index in [0.29, 0.717) is 10.7 Å². The zero-order valence-corrected chi connectivity index (χ0v) is 12.6. The molecule has 6 nitrogen and oxygen atoms in total. The zero-order valence-electron chi connectivity index (χ0n) is 9.69. The molecule has 0 heterocycles. The summed E-state index contributed by atoms with van der Waals surface area (Å²) in [6.45, 7) is -0.324. The minimum atomic E-state index is -1.20. The number of urea groups is 1. The van der Waals surface area contributed by atoms with Gasteiger partial charge in [-0.2, -0.15) is 0 Å². The Bertz CT molecular complexity index is 484. The van der Waals surface area contributed by atoms with Crippen LogP contribution in [0.3, 0.4) is 0 Å². The highest BCUT2D eigenvalue weighted by molar-refractivity contribution is 14.1. The molecule has 1 aromatic carbocycles.